The van der Waals surface area contributed by atoms with Crippen LogP contribution in [-0.4, -0.2) is 17.2 Å². The lowest BCUT2D eigenvalue weighted by molar-refractivity contribution is 0.0936. The second-order valence-corrected chi connectivity index (χ2v) is 6.00. The molecule has 0 saturated heterocycles. The molecule has 0 unspecified atom stereocenters. The van der Waals surface area contributed by atoms with E-state index >= 15 is 0 Å². The van der Waals surface area contributed by atoms with E-state index in [1.54, 1.807) is 36.2 Å². The minimum absolute atomic E-state index is 0.0559. The number of rotatable bonds is 3. The number of nitrogens with zero attached hydrogens (tertiary/aromatic N) is 1. The highest BCUT2D eigenvalue weighted by atomic mass is 32.2. The Hall–Kier alpha value is -2.73. The number of hydrogen-bond acceptors (Lipinski definition) is 5. The zero-order chi connectivity index (χ0) is 16.2. The molecule has 0 spiro atoms. The van der Waals surface area contributed by atoms with Crippen LogP contribution in [0.15, 0.2) is 69.0 Å². The molecule has 1 aliphatic heterocycles. The van der Waals surface area contributed by atoms with Gasteiger partial charge in [-0.2, -0.15) is 0 Å². The summed E-state index contributed by atoms with van der Waals surface area (Å²) in [6.07, 6.45) is 1.77. The number of para-hydroxylation sites is 2. The van der Waals surface area contributed by atoms with Crippen molar-refractivity contribution in [1.82, 2.24) is 10.9 Å². The van der Waals surface area contributed by atoms with Gasteiger partial charge in [0.25, 0.3) is 5.91 Å². The highest BCUT2D eigenvalue weighted by Crippen LogP contribution is 2.38. The molecule has 0 aliphatic carbocycles. The fourth-order valence-corrected chi connectivity index (χ4v) is 2.96. The number of carbonyl (C=O) groups excluding carboxylic acids is 1. The number of allylic oxidation sites excluding steroid dienone is 2. The van der Waals surface area contributed by atoms with E-state index in [4.69, 9.17) is 0 Å². The molecule has 23 heavy (non-hydrogen) atoms. The molecule has 3 rings (SSSR count). The summed E-state index contributed by atoms with van der Waals surface area (Å²) in [7, 11) is 0. The SMILES string of the molecule is C/C(NNC(=O)c1ccccc1O)=C1\C=Nc2ccccc2S1. The summed E-state index contributed by atoms with van der Waals surface area (Å²) in [6, 6.07) is 14.3. The number of aliphatic imine (C=N–C) groups is 1. The summed E-state index contributed by atoms with van der Waals surface area (Å²) in [4.78, 5) is 18.4. The van der Waals surface area contributed by atoms with Crippen LogP contribution in [0, 0.1) is 0 Å². The molecule has 0 bridgehead atoms. The van der Waals surface area contributed by atoms with E-state index in [0.29, 0.717) is 0 Å². The number of thioether (sulfide) groups is 1. The first-order chi connectivity index (χ1) is 11.1. The van der Waals surface area contributed by atoms with Crippen molar-refractivity contribution in [1.29, 1.82) is 0 Å². The van der Waals surface area contributed by atoms with E-state index in [0.717, 1.165) is 21.2 Å². The van der Waals surface area contributed by atoms with Crippen molar-refractivity contribution < 1.29 is 9.90 Å². The van der Waals surface area contributed by atoms with Crippen LogP contribution in [0.3, 0.4) is 0 Å². The van der Waals surface area contributed by atoms with Gasteiger partial charge < -0.3 is 10.5 Å². The Morgan fingerprint density at radius 2 is 1.83 bits per heavy atom. The summed E-state index contributed by atoms with van der Waals surface area (Å²) in [6.45, 7) is 1.85. The van der Waals surface area contributed by atoms with Gasteiger partial charge in [-0.05, 0) is 31.2 Å². The van der Waals surface area contributed by atoms with Gasteiger partial charge in [0.2, 0.25) is 0 Å². The molecule has 5 nitrogen and oxygen atoms in total. The number of hydrogen-bond donors (Lipinski definition) is 3. The van der Waals surface area contributed by atoms with E-state index in [-0.39, 0.29) is 11.3 Å². The fraction of sp³-hybridized carbons (Fsp3) is 0.0588. The van der Waals surface area contributed by atoms with Crippen LogP contribution in [0.4, 0.5) is 5.69 Å². The van der Waals surface area contributed by atoms with Crippen molar-refractivity contribution in [2.75, 3.05) is 0 Å². The first kappa shape index (κ1) is 15.2. The first-order valence-electron chi connectivity index (χ1n) is 7.01. The predicted octanol–water partition coefficient (Wildman–Crippen LogP) is 3.37. The van der Waals surface area contributed by atoms with Crippen LogP contribution in [0.1, 0.15) is 17.3 Å². The Morgan fingerprint density at radius 3 is 2.65 bits per heavy atom. The smallest absolute Gasteiger partial charge is 0.273 e. The molecule has 6 heteroatoms. The molecular weight excluding hydrogens is 310 g/mol. The molecule has 1 aliphatic rings. The van der Waals surface area contributed by atoms with E-state index in [2.05, 4.69) is 15.8 Å². The Bertz CT molecular complexity index is 815. The van der Waals surface area contributed by atoms with E-state index < -0.39 is 5.91 Å². The largest absolute Gasteiger partial charge is 0.507 e. The third-order valence-corrected chi connectivity index (χ3v) is 4.48. The second kappa shape index (κ2) is 6.58. The van der Waals surface area contributed by atoms with Gasteiger partial charge in [-0.3, -0.25) is 15.2 Å². The van der Waals surface area contributed by atoms with Crippen molar-refractivity contribution >= 4 is 29.6 Å². The van der Waals surface area contributed by atoms with Crippen molar-refractivity contribution in [3.05, 3.63) is 64.7 Å². The Labute approximate surface area is 138 Å². The maximum atomic E-state index is 12.1. The quantitative estimate of drug-likeness (QED) is 0.757. The molecule has 0 fully saturated rings. The van der Waals surface area contributed by atoms with Crippen LogP contribution in [0.5, 0.6) is 5.75 Å². The van der Waals surface area contributed by atoms with Gasteiger partial charge in [0.1, 0.15) is 5.75 Å². The second-order valence-electron chi connectivity index (χ2n) is 4.91. The normalized spacial score (nSPS) is 14.8. The van der Waals surface area contributed by atoms with Gasteiger partial charge in [-0.15, -0.1) is 0 Å². The average molecular weight is 325 g/mol. The summed E-state index contributed by atoms with van der Waals surface area (Å²) in [5.41, 5.74) is 7.37. The Morgan fingerprint density at radius 1 is 1.09 bits per heavy atom. The van der Waals surface area contributed by atoms with Gasteiger partial charge in [-0.1, -0.05) is 36.0 Å². The first-order valence-corrected chi connectivity index (χ1v) is 7.83. The minimum Gasteiger partial charge on any atom is -0.507 e. The van der Waals surface area contributed by atoms with E-state index in [1.165, 1.54) is 6.07 Å². The average Bonchev–Trinajstić information content (AvgIpc) is 2.59. The number of amides is 1. The van der Waals surface area contributed by atoms with Gasteiger partial charge >= 0.3 is 0 Å². The molecule has 1 amide bonds. The minimum atomic E-state index is -0.402. The lowest BCUT2D eigenvalue weighted by Gasteiger charge is -2.16. The fourth-order valence-electron chi connectivity index (χ4n) is 2.04. The van der Waals surface area contributed by atoms with E-state index in [9.17, 15) is 9.90 Å². The number of phenolic OH excluding ortho intramolecular Hbond substituents is 1. The summed E-state index contributed by atoms with van der Waals surface area (Å²) >= 11 is 1.58. The molecule has 0 saturated carbocycles. The van der Waals surface area contributed by atoms with Gasteiger partial charge in [0.15, 0.2) is 0 Å². The van der Waals surface area contributed by atoms with Crippen LogP contribution in [-0.2, 0) is 0 Å². The molecule has 0 aromatic heterocycles. The maximum Gasteiger partial charge on any atom is 0.273 e. The van der Waals surface area contributed by atoms with Crippen molar-refractivity contribution in [3.8, 4) is 5.75 Å². The van der Waals surface area contributed by atoms with Crippen LogP contribution >= 0.6 is 11.8 Å². The molecule has 116 valence electrons. The molecule has 3 N–H and O–H groups in total. The molecule has 0 atom stereocenters. The third kappa shape index (κ3) is 3.37. The number of carbonyl (C=O) groups is 1. The molecule has 2 aromatic rings. The summed E-state index contributed by atoms with van der Waals surface area (Å²) in [5, 5.41) is 9.68. The number of phenols is 1. The monoisotopic (exact) mass is 325 g/mol. The number of nitrogens with one attached hydrogen (secondary N) is 2. The number of aromatic hydroxyl groups is 1. The van der Waals surface area contributed by atoms with Gasteiger partial charge in [0.05, 0.1) is 16.2 Å². The van der Waals surface area contributed by atoms with Crippen molar-refractivity contribution in [3.63, 3.8) is 0 Å². The summed E-state index contributed by atoms with van der Waals surface area (Å²) < 4.78 is 0. The van der Waals surface area contributed by atoms with Crippen molar-refractivity contribution in [2.24, 2.45) is 4.99 Å². The topological polar surface area (TPSA) is 73.7 Å². The van der Waals surface area contributed by atoms with Crippen molar-refractivity contribution in [2.45, 2.75) is 11.8 Å². The van der Waals surface area contributed by atoms with Gasteiger partial charge in [0, 0.05) is 16.8 Å². The third-order valence-electron chi connectivity index (χ3n) is 3.29. The highest BCUT2D eigenvalue weighted by Gasteiger charge is 2.13. The Balaban J connectivity index is 1.70. The van der Waals surface area contributed by atoms with Gasteiger partial charge in [-0.25, -0.2) is 0 Å². The van der Waals surface area contributed by atoms with E-state index in [1.807, 2.05) is 31.2 Å². The number of hydrazine groups is 1. The van der Waals surface area contributed by atoms with Crippen LogP contribution in [0.25, 0.3) is 0 Å². The zero-order valence-corrected chi connectivity index (χ0v) is 13.2. The zero-order valence-electron chi connectivity index (χ0n) is 12.4. The predicted molar refractivity (Wildman–Crippen MR) is 91.9 cm³/mol. The lowest BCUT2D eigenvalue weighted by atomic mass is 10.2. The molecule has 2 aromatic carbocycles. The molecular formula is C17H15N3O2S. The standard InChI is InChI=1S/C17H15N3O2S/c1-11(16-10-18-13-7-3-5-9-15(13)23-16)19-20-17(22)12-6-2-4-8-14(12)21/h2-10,19,21H,1H3,(H,20,22)/b16-11-. The maximum absolute atomic E-state index is 12.1. The van der Waals surface area contributed by atoms with Crippen LogP contribution < -0.4 is 10.9 Å². The Kier molecular flexibility index (Phi) is 4.34. The molecule has 0 radical (unpaired) electrons. The number of fused-ring (bicyclic) bond motifs is 1. The highest BCUT2D eigenvalue weighted by molar-refractivity contribution is 8.04. The molecule has 1 heterocycles. The lowest BCUT2D eigenvalue weighted by Crippen LogP contribution is -2.36. The summed E-state index contributed by atoms with van der Waals surface area (Å²) in [5.74, 6) is -0.458. The van der Waals surface area contributed by atoms with Crippen LogP contribution in [0.2, 0.25) is 0 Å². The number of benzene rings is 2.